The summed E-state index contributed by atoms with van der Waals surface area (Å²) in [7, 11) is 0. The van der Waals surface area contributed by atoms with E-state index >= 15 is 0 Å². The normalized spacial score (nSPS) is 21.7. The van der Waals surface area contributed by atoms with E-state index in [1.807, 2.05) is 42.7 Å². The molecule has 2 aliphatic rings. The number of furan rings is 1. The van der Waals surface area contributed by atoms with Gasteiger partial charge in [-0.2, -0.15) is 0 Å². The summed E-state index contributed by atoms with van der Waals surface area (Å²) in [5.74, 6) is 1.43. The highest BCUT2D eigenvalue weighted by Gasteiger charge is 2.26. The van der Waals surface area contributed by atoms with Gasteiger partial charge in [-0.25, -0.2) is 0 Å². The van der Waals surface area contributed by atoms with Crippen LogP contribution in [0.15, 0.2) is 71.5 Å². The van der Waals surface area contributed by atoms with Gasteiger partial charge in [0.1, 0.15) is 5.58 Å². The Labute approximate surface area is 212 Å². The number of likely N-dealkylation sites (tertiary alicyclic amines) is 1. The third-order valence-corrected chi connectivity index (χ3v) is 8.44. The largest absolute Gasteiger partial charge is 0.464 e. The molecule has 1 aliphatic heterocycles. The SMILES string of the molecule is O=C(NC1CCC(CCN2CCC(c3coc4ccccc34)CC2)CC1)c1ccc2ncccc2c1. The molecule has 2 fully saturated rings. The highest BCUT2D eigenvalue weighted by atomic mass is 16.3. The monoisotopic (exact) mass is 481 g/mol. The summed E-state index contributed by atoms with van der Waals surface area (Å²) in [6.45, 7) is 3.55. The summed E-state index contributed by atoms with van der Waals surface area (Å²) >= 11 is 0. The van der Waals surface area contributed by atoms with Crippen molar-refractivity contribution >= 4 is 27.8 Å². The van der Waals surface area contributed by atoms with E-state index in [4.69, 9.17) is 4.42 Å². The van der Waals surface area contributed by atoms with Gasteiger partial charge in [0.05, 0.1) is 11.8 Å². The Kier molecular flexibility index (Phi) is 6.73. The lowest BCUT2D eigenvalue weighted by Gasteiger charge is -2.34. The van der Waals surface area contributed by atoms with Crippen LogP contribution in [0.1, 0.15) is 66.8 Å². The van der Waals surface area contributed by atoms with Crippen molar-refractivity contribution in [3.8, 4) is 0 Å². The third-order valence-electron chi connectivity index (χ3n) is 8.44. The molecule has 2 aromatic carbocycles. The molecular weight excluding hydrogens is 446 g/mol. The number of nitrogens with zero attached hydrogens (tertiary/aromatic N) is 2. The number of para-hydroxylation sites is 1. The van der Waals surface area contributed by atoms with Gasteiger partial charge in [-0.15, -0.1) is 0 Å². The molecule has 0 spiro atoms. The number of carbonyl (C=O) groups is 1. The number of piperidine rings is 1. The fourth-order valence-electron chi connectivity index (χ4n) is 6.23. The van der Waals surface area contributed by atoms with Crippen molar-refractivity contribution in [1.29, 1.82) is 0 Å². The Bertz CT molecular complexity index is 1330. The Morgan fingerprint density at radius 1 is 0.972 bits per heavy atom. The number of aromatic nitrogens is 1. The van der Waals surface area contributed by atoms with Gasteiger partial charge in [-0.05, 0) is 107 Å². The number of rotatable bonds is 6. The number of nitrogens with one attached hydrogen (secondary N) is 1. The second-order valence-corrected chi connectivity index (χ2v) is 10.7. The lowest BCUT2D eigenvalue weighted by atomic mass is 9.83. The molecule has 1 amide bonds. The second-order valence-electron chi connectivity index (χ2n) is 10.7. The van der Waals surface area contributed by atoms with E-state index in [1.165, 1.54) is 62.7 Å². The molecule has 36 heavy (non-hydrogen) atoms. The first-order valence-electron chi connectivity index (χ1n) is 13.6. The van der Waals surface area contributed by atoms with Gasteiger partial charge in [0.15, 0.2) is 0 Å². The lowest BCUT2D eigenvalue weighted by molar-refractivity contribution is 0.0919. The summed E-state index contributed by atoms with van der Waals surface area (Å²) in [5.41, 5.74) is 4.06. The van der Waals surface area contributed by atoms with Gasteiger partial charge in [0.25, 0.3) is 5.91 Å². The summed E-state index contributed by atoms with van der Waals surface area (Å²) in [4.78, 5) is 19.8. The van der Waals surface area contributed by atoms with Crippen molar-refractivity contribution in [2.75, 3.05) is 19.6 Å². The highest BCUT2D eigenvalue weighted by Crippen LogP contribution is 2.35. The molecule has 1 saturated heterocycles. The van der Waals surface area contributed by atoms with Crippen molar-refractivity contribution in [3.63, 3.8) is 0 Å². The van der Waals surface area contributed by atoms with Gasteiger partial charge in [0, 0.05) is 34.1 Å². The minimum absolute atomic E-state index is 0.0393. The number of pyridine rings is 1. The van der Waals surface area contributed by atoms with E-state index in [0.717, 1.165) is 40.8 Å². The van der Waals surface area contributed by atoms with Crippen molar-refractivity contribution in [1.82, 2.24) is 15.2 Å². The van der Waals surface area contributed by atoms with Gasteiger partial charge < -0.3 is 14.6 Å². The summed E-state index contributed by atoms with van der Waals surface area (Å²) < 4.78 is 5.79. The van der Waals surface area contributed by atoms with Crippen LogP contribution in [0.3, 0.4) is 0 Å². The summed E-state index contributed by atoms with van der Waals surface area (Å²) in [6.07, 6.45) is 12.1. The molecule has 6 rings (SSSR count). The fourth-order valence-corrected chi connectivity index (χ4v) is 6.23. The highest BCUT2D eigenvalue weighted by molar-refractivity contribution is 5.98. The molecule has 0 bridgehead atoms. The molecule has 2 aromatic heterocycles. The molecule has 5 heteroatoms. The van der Waals surface area contributed by atoms with Crippen LogP contribution in [-0.2, 0) is 0 Å². The lowest BCUT2D eigenvalue weighted by Crippen LogP contribution is -2.38. The van der Waals surface area contributed by atoms with Gasteiger partial charge in [0.2, 0.25) is 0 Å². The fraction of sp³-hybridized carbons (Fsp3) is 0.419. The van der Waals surface area contributed by atoms with E-state index in [9.17, 15) is 4.79 Å². The molecule has 0 unspecified atom stereocenters. The number of carbonyl (C=O) groups excluding carboxylic acids is 1. The first-order valence-corrected chi connectivity index (χ1v) is 13.6. The summed E-state index contributed by atoms with van der Waals surface area (Å²) in [6, 6.07) is 18.4. The van der Waals surface area contributed by atoms with Crippen LogP contribution < -0.4 is 5.32 Å². The number of hydrogen-bond donors (Lipinski definition) is 1. The predicted octanol–water partition coefficient (Wildman–Crippen LogP) is 6.54. The zero-order valence-electron chi connectivity index (χ0n) is 20.9. The molecule has 5 nitrogen and oxygen atoms in total. The number of fused-ring (bicyclic) bond motifs is 2. The predicted molar refractivity (Wildman–Crippen MR) is 144 cm³/mol. The van der Waals surface area contributed by atoms with Crippen LogP contribution >= 0.6 is 0 Å². The Morgan fingerprint density at radius 3 is 2.67 bits per heavy atom. The molecule has 0 radical (unpaired) electrons. The maximum Gasteiger partial charge on any atom is 0.251 e. The Hall–Kier alpha value is -3.18. The standard InChI is InChI=1S/C31H35N3O2/c35-31(25-9-12-29-24(20-25)4-3-16-32-29)33-26-10-7-22(8-11-26)13-17-34-18-14-23(15-19-34)28-21-36-30-6-2-1-5-27(28)30/h1-6,9,12,16,20-23,26H,7-8,10-11,13-15,17-19H2,(H,33,35). The van der Waals surface area contributed by atoms with Crippen molar-refractivity contribution in [3.05, 3.63) is 78.2 Å². The molecule has 0 atom stereocenters. The number of amides is 1. The van der Waals surface area contributed by atoms with Crippen LogP contribution in [0.2, 0.25) is 0 Å². The van der Waals surface area contributed by atoms with Crippen LogP contribution in [0.4, 0.5) is 0 Å². The van der Waals surface area contributed by atoms with Crippen molar-refractivity contribution in [2.24, 2.45) is 5.92 Å². The second kappa shape index (κ2) is 10.4. The molecule has 3 heterocycles. The zero-order chi connectivity index (χ0) is 24.3. The quantitative estimate of drug-likeness (QED) is 0.340. The number of hydrogen-bond acceptors (Lipinski definition) is 4. The van der Waals surface area contributed by atoms with Crippen LogP contribution in [0.25, 0.3) is 21.9 Å². The zero-order valence-corrected chi connectivity index (χ0v) is 20.9. The smallest absolute Gasteiger partial charge is 0.251 e. The molecule has 1 aliphatic carbocycles. The van der Waals surface area contributed by atoms with Crippen LogP contribution in [0, 0.1) is 5.92 Å². The minimum Gasteiger partial charge on any atom is -0.464 e. The van der Waals surface area contributed by atoms with Crippen molar-refractivity contribution < 1.29 is 9.21 Å². The van der Waals surface area contributed by atoms with E-state index in [1.54, 1.807) is 6.20 Å². The van der Waals surface area contributed by atoms with Crippen molar-refractivity contribution in [2.45, 2.75) is 56.9 Å². The average molecular weight is 482 g/mol. The first kappa shape index (κ1) is 23.2. The van der Waals surface area contributed by atoms with E-state index in [-0.39, 0.29) is 5.91 Å². The van der Waals surface area contributed by atoms with E-state index in [2.05, 4.69) is 33.4 Å². The van der Waals surface area contributed by atoms with E-state index in [0.29, 0.717) is 12.0 Å². The van der Waals surface area contributed by atoms with Crippen LogP contribution in [0.5, 0.6) is 0 Å². The Morgan fingerprint density at radius 2 is 1.81 bits per heavy atom. The average Bonchev–Trinajstić information content (AvgIpc) is 3.37. The first-order chi connectivity index (χ1) is 17.7. The van der Waals surface area contributed by atoms with Gasteiger partial charge in [-0.1, -0.05) is 24.3 Å². The molecular formula is C31H35N3O2. The van der Waals surface area contributed by atoms with Crippen LogP contribution in [-0.4, -0.2) is 41.5 Å². The molecule has 1 N–H and O–H groups in total. The third kappa shape index (κ3) is 5.03. The molecule has 4 aromatic rings. The summed E-state index contributed by atoms with van der Waals surface area (Å²) in [5, 5.41) is 5.58. The maximum absolute atomic E-state index is 12.8. The van der Waals surface area contributed by atoms with Gasteiger partial charge in [-0.3, -0.25) is 9.78 Å². The number of benzene rings is 2. The topological polar surface area (TPSA) is 58.4 Å². The molecule has 1 saturated carbocycles. The maximum atomic E-state index is 12.8. The van der Waals surface area contributed by atoms with Gasteiger partial charge >= 0.3 is 0 Å². The van der Waals surface area contributed by atoms with E-state index < -0.39 is 0 Å². The molecule has 186 valence electrons. The minimum atomic E-state index is 0.0393. The Balaban J connectivity index is 0.933.